The average Bonchev–Trinajstić information content (AvgIpc) is 3.50. The third-order valence-electron chi connectivity index (χ3n) is 6.76. The van der Waals surface area contributed by atoms with Crippen LogP contribution in [0.15, 0.2) is 40.1 Å². The van der Waals surface area contributed by atoms with Crippen LogP contribution in [-0.4, -0.2) is 49.2 Å². The Morgan fingerprint density at radius 1 is 1.15 bits per heavy atom. The number of hydrogen-bond acceptors (Lipinski definition) is 9. The largest absolute Gasteiger partial charge is 0.399 e. The van der Waals surface area contributed by atoms with Crippen molar-refractivity contribution in [2.24, 2.45) is 0 Å². The number of anilines is 2. The van der Waals surface area contributed by atoms with E-state index in [1.165, 1.54) is 11.3 Å². The fraction of sp³-hybridized carbons (Fsp3) is 0.458. The molecule has 10 heteroatoms. The van der Waals surface area contributed by atoms with E-state index < -0.39 is 14.6 Å². The molecule has 3 heterocycles. The summed E-state index contributed by atoms with van der Waals surface area (Å²) < 4.78 is 32.8. The molecule has 180 valence electrons. The first kappa shape index (κ1) is 23.2. The molecular weight excluding hydrogens is 470 g/mol. The smallest absolute Gasteiger partial charge is 0.216 e. The number of rotatable bonds is 5. The third kappa shape index (κ3) is 3.97. The lowest BCUT2D eigenvalue weighted by Crippen LogP contribution is -2.44. The van der Waals surface area contributed by atoms with Crippen LogP contribution in [0.4, 0.5) is 11.5 Å². The predicted molar refractivity (Wildman–Crippen MR) is 134 cm³/mol. The number of hydrogen-bond donors (Lipinski definition) is 1. The molecule has 0 radical (unpaired) electrons. The van der Waals surface area contributed by atoms with Crippen molar-refractivity contribution in [3.8, 4) is 11.4 Å². The van der Waals surface area contributed by atoms with Crippen LogP contribution >= 0.6 is 11.3 Å². The normalized spacial score (nSPS) is 20.5. The molecule has 5 rings (SSSR count). The maximum Gasteiger partial charge on any atom is 0.216 e. The van der Waals surface area contributed by atoms with E-state index in [0.29, 0.717) is 55.5 Å². The summed E-state index contributed by atoms with van der Waals surface area (Å²) >= 11 is 1.19. The number of aryl methyl sites for hydroxylation is 1. The molecule has 1 aromatic carbocycles. The first-order valence-electron chi connectivity index (χ1n) is 11.6. The zero-order chi connectivity index (χ0) is 23.9. The summed E-state index contributed by atoms with van der Waals surface area (Å²) in [5.41, 5.74) is 8.61. The van der Waals surface area contributed by atoms with Crippen LogP contribution in [0.3, 0.4) is 0 Å². The van der Waals surface area contributed by atoms with Gasteiger partial charge in [-0.05, 0) is 51.0 Å². The number of nitrogens with zero attached hydrogens (tertiary/aromatic N) is 4. The van der Waals surface area contributed by atoms with Gasteiger partial charge in [-0.1, -0.05) is 12.8 Å². The predicted octanol–water partition coefficient (Wildman–Crippen LogP) is 3.96. The van der Waals surface area contributed by atoms with Crippen LogP contribution in [-0.2, 0) is 19.3 Å². The zero-order valence-corrected chi connectivity index (χ0v) is 21.0. The molecule has 1 saturated heterocycles. The molecule has 34 heavy (non-hydrogen) atoms. The average molecular weight is 500 g/mol. The Balaban J connectivity index is 1.70. The number of ether oxygens (including phenoxy) is 1. The minimum Gasteiger partial charge on any atom is -0.399 e. The van der Waals surface area contributed by atoms with E-state index in [1.54, 1.807) is 5.38 Å². The van der Waals surface area contributed by atoms with E-state index in [1.807, 2.05) is 37.3 Å². The van der Waals surface area contributed by atoms with E-state index >= 15 is 0 Å². The minimum absolute atomic E-state index is 0.119. The van der Waals surface area contributed by atoms with Gasteiger partial charge in [0.15, 0.2) is 5.82 Å². The molecule has 0 amide bonds. The Kier molecular flexibility index (Phi) is 6.07. The molecule has 1 saturated carbocycles. The topological polar surface area (TPSA) is 111 Å². The maximum atomic E-state index is 14.1. The number of aromatic nitrogens is 3. The number of nitrogen functional groups attached to an aromatic ring is 1. The summed E-state index contributed by atoms with van der Waals surface area (Å²) in [7, 11) is -3.75. The molecule has 1 aliphatic carbocycles. The van der Waals surface area contributed by atoms with Crippen LogP contribution in [0.25, 0.3) is 11.4 Å². The number of morpholine rings is 1. The van der Waals surface area contributed by atoms with E-state index in [9.17, 15) is 8.42 Å². The molecule has 3 aromatic rings. The van der Waals surface area contributed by atoms with Gasteiger partial charge in [0.25, 0.3) is 0 Å². The quantitative estimate of drug-likeness (QED) is 0.525. The van der Waals surface area contributed by atoms with Crippen molar-refractivity contribution in [2.45, 2.75) is 54.7 Å². The molecule has 2 aliphatic rings. The molecule has 2 aromatic heterocycles. The van der Waals surface area contributed by atoms with E-state index in [2.05, 4.69) is 16.8 Å². The van der Waals surface area contributed by atoms with Gasteiger partial charge in [-0.15, -0.1) is 11.3 Å². The summed E-state index contributed by atoms with van der Waals surface area (Å²) in [6.07, 6.45) is 2.69. The lowest BCUT2D eigenvalue weighted by Gasteiger charge is -2.35. The Labute approximate surface area is 204 Å². The van der Waals surface area contributed by atoms with Crippen molar-refractivity contribution in [3.05, 3.63) is 47.1 Å². The van der Waals surface area contributed by atoms with Gasteiger partial charge < -0.3 is 15.4 Å². The van der Waals surface area contributed by atoms with Crippen LogP contribution < -0.4 is 10.6 Å². The van der Waals surface area contributed by atoms with Crippen molar-refractivity contribution in [1.29, 1.82) is 0 Å². The Morgan fingerprint density at radius 2 is 1.88 bits per heavy atom. The van der Waals surface area contributed by atoms with Crippen LogP contribution in [0.1, 0.15) is 44.0 Å². The third-order valence-corrected chi connectivity index (χ3v) is 10.7. The molecule has 2 fully saturated rings. The highest BCUT2D eigenvalue weighted by molar-refractivity contribution is 7.94. The molecule has 1 atom stereocenters. The van der Waals surface area contributed by atoms with Crippen LogP contribution in [0.5, 0.6) is 0 Å². The molecule has 0 bridgehead atoms. The number of nitrogens with two attached hydrogens (primary N) is 1. The monoisotopic (exact) mass is 499 g/mol. The zero-order valence-electron chi connectivity index (χ0n) is 19.4. The number of thiazole rings is 1. The van der Waals surface area contributed by atoms with Crippen LogP contribution in [0.2, 0.25) is 0 Å². The fourth-order valence-corrected chi connectivity index (χ4v) is 8.33. The molecular formula is C24H29N5O3S2. The summed E-state index contributed by atoms with van der Waals surface area (Å²) in [5.74, 6) is 1.23. The van der Waals surface area contributed by atoms with Gasteiger partial charge in [-0.3, -0.25) is 0 Å². The Bertz CT molecular complexity index is 1280. The fourth-order valence-electron chi connectivity index (χ4n) is 4.88. The molecule has 1 aliphatic heterocycles. The van der Waals surface area contributed by atoms with E-state index in [4.69, 9.17) is 20.4 Å². The van der Waals surface area contributed by atoms with Crippen molar-refractivity contribution in [1.82, 2.24) is 15.0 Å². The van der Waals surface area contributed by atoms with Crippen molar-refractivity contribution < 1.29 is 13.2 Å². The highest BCUT2D eigenvalue weighted by atomic mass is 32.2. The van der Waals surface area contributed by atoms with Crippen molar-refractivity contribution >= 4 is 32.7 Å². The Hall–Kier alpha value is -2.56. The number of benzene rings is 1. The van der Waals surface area contributed by atoms with Crippen molar-refractivity contribution in [3.63, 3.8) is 0 Å². The molecule has 0 spiro atoms. The van der Waals surface area contributed by atoms with Gasteiger partial charge in [0, 0.05) is 34.9 Å². The highest BCUT2D eigenvalue weighted by Gasteiger charge is 2.51. The van der Waals surface area contributed by atoms with E-state index in [0.717, 1.165) is 24.2 Å². The molecule has 2 N–H and O–H groups in total. The van der Waals surface area contributed by atoms with Gasteiger partial charge in [0.2, 0.25) is 14.2 Å². The summed E-state index contributed by atoms with van der Waals surface area (Å²) in [6.45, 7) is 5.79. The maximum absolute atomic E-state index is 14.1. The second kappa shape index (κ2) is 8.90. The Morgan fingerprint density at radius 3 is 2.53 bits per heavy atom. The minimum atomic E-state index is -3.75. The van der Waals surface area contributed by atoms with Crippen molar-refractivity contribution in [2.75, 3.05) is 30.4 Å². The second-order valence-corrected chi connectivity index (χ2v) is 12.4. The van der Waals surface area contributed by atoms with E-state index in [-0.39, 0.29) is 10.4 Å². The first-order chi connectivity index (χ1) is 16.3. The molecule has 8 nitrogen and oxygen atoms in total. The first-order valence-corrected chi connectivity index (χ1v) is 13.9. The van der Waals surface area contributed by atoms with Gasteiger partial charge >= 0.3 is 0 Å². The summed E-state index contributed by atoms with van der Waals surface area (Å²) in [4.78, 5) is 16.3. The number of sulfone groups is 1. The standard InChI is InChI=1S/C24H29N5O3S2/c1-16-15-33-23(26-16)34(30,31)24(9-3-4-10-24)20-13-21(29-11-12-32-14-17(29)2)28-22(27-20)18-5-7-19(25)8-6-18/h5-8,13,15,17H,3-4,9-12,14,25H2,1-2H3/t17-/m0/s1. The summed E-state index contributed by atoms with van der Waals surface area (Å²) in [5, 5.41) is 1.79. The molecule has 0 unspecified atom stereocenters. The van der Waals surface area contributed by atoms with Crippen LogP contribution in [0, 0.1) is 6.92 Å². The lowest BCUT2D eigenvalue weighted by atomic mass is 10.0. The lowest BCUT2D eigenvalue weighted by molar-refractivity contribution is 0.0985. The van der Waals surface area contributed by atoms with Gasteiger partial charge in [-0.25, -0.2) is 23.4 Å². The van der Waals surface area contributed by atoms with Gasteiger partial charge in [0.1, 0.15) is 10.6 Å². The highest BCUT2D eigenvalue weighted by Crippen LogP contribution is 2.49. The SMILES string of the molecule is Cc1csc(S(=O)(=O)C2(c3cc(N4CCOC[C@@H]4C)nc(-c4ccc(N)cc4)n3)CCCC2)n1. The second-order valence-electron chi connectivity index (χ2n) is 9.13. The van der Waals surface area contributed by atoms with Gasteiger partial charge in [0.05, 0.1) is 24.9 Å². The van der Waals surface area contributed by atoms with Gasteiger partial charge in [-0.2, -0.15) is 0 Å². The summed E-state index contributed by atoms with van der Waals surface area (Å²) in [6, 6.07) is 9.37.